The quantitative estimate of drug-likeness (QED) is 0.174. The van der Waals surface area contributed by atoms with Gasteiger partial charge in [0.2, 0.25) is 0 Å². The lowest BCUT2D eigenvalue weighted by atomic mass is 10.1. The van der Waals surface area contributed by atoms with Crippen LogP contribution in [0.5, 0.6) is 11.5 Å². The third kappa shape index (κ3) is 8.99. The van der Waals surface area contributed by atoms with E-state index in [1.54, 1.807) is 72.8 Å². The molecule has 3 rings (SSSR count). The minimum absolute atomic E-state index is 0.0613. The average Bonchev–Trinajstić information content (AvgIpc) is 2.95. The van der Waals surface area contributed by atoms with Gasteiger partial charge in [0, 0.05) is 16.7 Å². The van der Waals surface area contributed by atoms with E-state index in [4.69, 9.17) is 23.7 Å². The van der Waals surface area contributed by atoms with Crippen LogP contribution in [0, 0.1) is 0 Å². The first-order chi connectivity index (χ1) is 18.9. The van der Waals surface area contributed by atoms with Crippen molar-refractivity contribution in [2.24, 2.45) is 0 Å². The molecule has 204 valence electrons. The molecule has 0 aromatic heterocycles. The molecule has 0 heterocycles. The monoisotopic (exact) mass is 534 g/mol. The molecule has 0 radical (unpaired) electrons. The molecule has 9 heteroatoms. The van der Waals surface area contributed by atoms with Crippen molar-refractivity contribution >= 4 is 24.2 Å². The van der Waals surface area contributed by atoms with Crippen LogP contribution in [0.4, 0.5) is 0 Å². The number of aldehydes is 1. The van der Waals surface area contributed by atoms with Crippen LogP contribution in [0.2, 0.25) is 0 Å². The Balaban J connectivity index is 1.63. The Morgan fingerprint density at radius 2 is 1.08 bits per heavy atom. The Hall–Kier alpha value is -4.66. The van der Waals surface area contributed by atoms with Crippen LogP contribution in [0.1, 0.15) is 27.0 Å². The van der Waals surface area contributed by atoms with Crippen LogP contribution < -0.4 is 9.47 Å². The van der Waals surface area contributed by atoms with Crippen molar-refractivity contribution in [2.75, 3.05) is 27.4 Å². The SMILES string of the molecule is COc1ccccc1CC(=O)OCC(COC(=O)Cc1ccccc1C=O)OC(=O)Cc1ccccc1OC. The van der Waals surface area contributed by atoms with Gasteiger partial charge in [0.15, 0.2) is 6.10 Å². The van der Waals surface area contributed by atoms with Gasteiger partial charge >= 0.3 is 17.9 Å². The summed E-state index contributed by atoms with van der Waals surface area (Å²) in [5.74, 6) is -0.757. The third-order valence-electron chi connectivity index (χ3n) is 5.73. The van der Waals surface area contributed by atoms with Crippen molar-refractivity contribution in [2.45, 2.75) is 25.4 Å². The Labute approximate surface area is 226 Å². The van der Waals surface area contributed by atoms with Gasteiger partial charge in [-0.3, -0.25) is 19.2 Å². The van der Waals surface area contributed by atoms with Gasteiger partial charge in [-0.15, -0.1) is 0 Å². The number of esters is 3. The molecule has 0 saturated heterocycles. The minimum Gasteiger partial charge on any atom is -0.496 e. The number of hydrogen-bond acceptors (Lipinski definition) is 9. The predicted octanol–water partition coefficient (Wildman–Crippen LogP) is 3.54. The van der Waals surface area contributed by atoms with E-state index in [0.717, 1.165) is 0 Å². The lowest BCUT2D eigenvalue weighted by Crippen LogP contribution is -2.32. The molecule has 0 amide bonds. The zero-order valence-corrected chi connectivity index (χ0v) is 21.8. The summed E-state index contributed by atoms with van der Waals surface area (Å²) in [4.78, 5) is 49.0. The normalized spacial score (nSPS) is 11.1. The molecule has 9 nitrogen and oxygen atoms in total. The second-order valence-corrected chi connectivity index (χ2v) is 8.45. The van der Waals surface area contributed by atoms with Crippen molar-refractivity contribution < 1.29 is 42.9 Å². The van der Waals surface area contributed by atoms with Crippen LogP contribution in [-0.4, -0.2) is 57.7 Å². The fraction of sp³-hybridized carbons (Fsp3) is 0.267. The molecule has 3 aromatic carbocycles. The number of hydrogen-bond donors (Lipinski definition) is 0. The van der Waals surface area contributed by atoms with Crippen LogP contribution >= 0.6 is 0 Å². The first kappa shape index (κ1) is 28.9. The highest BCUT2D eigenvalue weighted by Gasteiger charge is 2.21. The highest BCUT2D eigenvalue weighted by atomic mass is 16.6. The van der Waals surface area contributed by atoms with Gasteiger partial charge in [0.1, 0.15) is 31.0 Å². The van der Waals surface area contributed by atoms with Crippen LogP contribution in [0.3, 0.4) is 0 Å². The number of para-hydroxylation sites is 2. The summed E-state index contributed by atoms with van der Waals surface area (Å²) in [5.41, 5.74) is 2.12. The number of benzene rings is 3. The third-order valence-corrected chi connectivity index (χ3v) is 5.73. The largest absolute Gasteiger partial charge is 0.496 e. The van der Waals surface area contributed by atoms with Gasteiger partial charge < -0.3 is 23.7 Å². The van der Waals surface area contributed by atoms with Crippen LogP contribution in [0.15, 0.2) is 72.8 Å². The lowest BCUT2D eigenvalue weighted by Gasteiger charge is -2.19. The van der Waals surface area contributed by atoms with E-state index in [1.165, 1.54) is 14.2 Å². The number of rotatable bonds is 14. The van der Waals surface area contributed by atoms with Crippen molar-refractivity contribution in [1.82, 2.24) is 0 Å². The van der Waals surface area contributed by atoms with Gasteiger partial charge in [0.25, 0.3) is 0 Å². The average molecular weight is 535 g/mol. The Morgan fingerprint density at radius 3 is 1.59 bits per heavy atom. The molecule has 0 N–H and O–H groups in total. The molecular formula is C30H30O9. The van der Waals surface area contributed by atoms with E-state index >= 15 is 0 Å². The first-order valence-corrected chi connectivity index (χ1v) is 12.2. The number of ether oxygens (including phenoxy) is 5. The predicted molar refractivity (Wildman–Crippen MR) is 141 cm³/mol. The van der Waals surface area contributed by atoms with Crippen molar-refractivity contribution in [1.29, 1.82) is 0 Å². The summed E-state index contributed by atoms with van der Waals surface area (Å²) >= 11 is 0. The fourth-order valence-electron chi connectivity index (χ4n) is 3.79. The number of carbonyl (C=O) groups is 4. The molecule has 1 unspecified atom stereocenters. The maximum Gasteiger partial charge on any atom is 0.310 e. The highest BCUT2D eigenvalue weighted by Crippen LogP contribution is 2.20. The zero-order valence-electron chi connectivity index (χ0n) is 21.8. The van der Waals surface area contributed by atoms with E-state index in [-0.39, 0.29) is 32.5 Å². The number of carbonyl (C=O) groups excluding carboxylic acids is 4. The van der Waals surface area contributed by atoms with Crippen molar-refractivity contribution in [3.63, 3.8) is 0 Å². The molecule has 0 aliphatic heterocycles. The maximum atomic E-state index is 12.7. The van der Waals surface area contributed by atoms with Crippen molar-refractivity contribution in [3.8, 4) is 11.5 Å². The van der Waals surface area contributed by atoms with Gasteiger partial charge in [-0.1, -0.05) is 60.7 Å². The maximum absolute atomic E-state index is 12.7. The molecule has 0 fully saturated rings. The lowest BCUT2D eigenvalue weighted by molar-refractivity contribution is -0.166. The minimum atomic E-state index is -1.06. The summed E-state index contributed by atoms with van der Waals surface area (Å²) < 4.78 is 26.7. The topological polar surface area (TPSA) is 114 Å². The molecule has 0 bridgehead atoms. The van der Waals surface area contributed by atoms with E-state index in [2.05, 4.69) is 0 Å². The van der Waals surface area contributed by atoms with Gasteiger partial charge in [-0.25, -0.2) is 0 Å². The second-order valence-electron chi connectivity index (χ2n) is 8.45. The summed E-state index contributed by atoms with van der Waals surface area (Å²) in [7, 11) is 3.00. The summed E-state index contributed by atoms with van der Waals surface area (Å²) in [6.45, 7) is -0.675. The van der Waals surface area contributed by atoms with Gasteiger partial charge in [0.05, 0.1) is 33.5 Å². The van der Waals surface area contributed by atoms with E-state index in [1.807, 2.05) is 0 Å². The second kappa shape index (κ2) is 14.9. The molecule has 0 aliphatic rings. The molecule has 0 saturated carbocycles. The summed E-state index contributed by atoms with van der Waals surface area (Å²) in [6.07, 6.45) is -0.708. The Morgan fingerprint density at radius 1 is 0.641 bits per heavy atom. The van der Waals surface area contributed by atoms with Crippen LogP contribution in [-0.2, 0) is 47.9 Å². The molecule has 3 aromatic rings. The van der Waals surface area contributed by atoms with E-state index in [9.17, 15) is 19.2 Å². The smallest absolute Gasteiger partial charge is 0.310 e. The molecular weight excluding hydrogens is 504 g/mol. The Bertz CT molecular complexity index is 1280. The fourth-order valence-corrected chi connectivity index (χ4v) is 3.79. The highest BCUT2D eigenvalue weighted by molar-refractivity contribution is 5.81. The zero-order chi connectivity index (χ0) is 28.0. The van der Waals surface area contributed by atoms with Crippen molar-refractivity contribution in [3.05, 3.63) is 95.1 Å². The molecule has 39 heavy (non-hydrogen) atoms. The standard InChI is InChI=1S/C30H30O9/c1-35-26-13-7-5-10-22(26)16-29(33)38-20-25(39-30(34)17-23-11-6-8-14-27(23)36-2)19-37-28(32)15-21-9-3-4-12-24(21)18-31/h3-14,18,25H,15-17,19-20H2,1-2H3. The van der Waals surface area contributed by atoms with E-state index < -0.39 is 24.0 Å². The van der Waals surface area contributed by atoms with Gasteiger partial charge in [-0.2, -0.15) is 0 Å². The van der Waals surface area contributed by atoms with Gasteiger partial charge in [-0.05, 0) is 17.7 Å². The number of methoxy groups -OCH3 is 2. The summed E-state index contributed by atoms with van der Waals surface area (Å²) in [6, 6.07) is 20.7. The molecule has 0 spiro atoms. The van der Waals surface area contributed by atoms with Crippen LogP contribution in [0.25, 0.3) is 0 Å². The van der Waals surface area contributed by atoms with E-state index in [0.29, 0.717) is 40.0 Å². The summed E-state index contributed by atoms with van der Waals surface area (Å²) in [5, 5.41) is 0. The molecule has 0 aliphatic carbocycles. The molecule has 1 atom stereocenters. The first-order valence-electron chi connectivity index (χ1n) is 12.2. The Kier molecular flexibility index (Phi) is 11.1.